The van der Waals surface area contributed by atoms with Crippen LogP contribution in [0.2, 0.25) is 0 Å². The molecule has 5 nitrogen and oxygen atoms in total. The van der Waals surface area contributed by atoms with Gasteiger partial charge in [0.1, 0.15) is 4.90 Å². The molecule has 1 aromatic carbocycles. The van der Waals surface area contributed by atoms with E-state index in [0.29, 0.717) is 24.1 Å². The van der Waals surface area contributed by atoms with E-state index >= 15 is 0 Å². The summed E-state index contributed by atoms with van der Waals surface area (Å²) in [5.41, 5.74) is 1.53. The standard InChI is InChI=1S/C13H17N3O2S/c1-9-4-2-7-11-12(9)15-13(16-19(11,17)18)14-8-10-5-3-6-10/h2,4,7,10H,3,5-6,8H2,1H3,(H2,14,15,16). The number of nitrogens with one attached hydrogen (secondary N) is 2. The number of para-hydroxylation sites is 1. The van der Waals surface area contributed by atoms with E-state index in [1.807, 2.05) is 13.0 Å². The first-order valence-corrected chi connectivity index (χ1v) is 7.98. The van der Waals surface area contributed by atoms with Crippen molar-refractivity contribution in [3.05, 3.63) is 23.8 Å². The number of guanidine groups is 1. The summed E-state index contributed by atoms with van der Waals surface area (Å²) in [6.07, 6.45) is 3.65. The molecule has 6 heteroatoms. The predicted molar refractivity (Wildman–Crippen MR) is 74.8 cm³/mol. The maximum Gasteiger partial charge on any atom is 0.266 e. The lowest BCUT2D eigenvalue weighted by Crippen LogP contribution is -2.41. The molecule has 0 spiro atoms. The fourth-order valence-electron chi connectivity index (χ4n) is 2.32. The second kappa shape index (κ2) is 4.52. The topological polar surface area (TPSA) is 70.6 Å². The van der Waals surface area contributed by atoms with Crippen molar-refractivity contribution in [1.29, 1.82) is 0 Å². The van der Waals surface area contributed by atoms with E-state index in [9.17, 15) is 8.42 Å². The zero-order chi connectivity index (χ0) is 13.5. The van der Waals surface area contributed by atoms with Crippen LogP contribution in [0.4, 0.5) is 5.69 Å². The van der Waals surface area contributed by atoms with E-state index in [-0.39, 0.29) is 4.90 Å². The lowest BCUT2D eigenvalue weighted by atomic mass is 9.86. The van der Waals surface area contributed by atoms with Gasteiger partial charge in [-0.25, -0.2) is 13.1 Å². The molecule has 2 N–H and O–H groups in total. The lowest BCUT2D eigenvalue weighted by molar-refractivity contribution is 0.326. The van der Waals surface area contributed by atoms with E-state index in [4.69, 9.17) is 0 Å². The van der Waals surface area contributed by atoms with Gasteiger partial charge in [-0.05, 0) is 37.3 Å². The van der Waals surface area contributed by atoms with Gasteiger partial charge >= 0.3 is 0 Å². The predicted octanol–water partition coefficient (Wildman–Crippen LogP) is 1.85. The van der Waals surface area contributed by atoms with Crippen LogP contribution < -0.4 is 10.0 Å². The van der Waals surface area contributed by atoms with Gasteiger partial charge in [0.05, 0.1) is 5.69 Å². The van der Waals surface area contributed by atoms with E-state index in [1.165, 1.54) is 19.3 Å². The van der Waals surface area contributed by atoms with Crippen molar-refractivity contribution < 1.29 is 8.42 Å². The Balaban J connectivity index is 1.91. The van der Waals surface area contributed by atoms with Crippen LogP contribution >= 0.6 is 0 Å². The van der Waals surface area contributed by atoms with E-state index in [2.05, 4.69) is 15.0 Å². The zero-order valence-electron chi connectivity index (χ0n) is 10.8. The Bertz CT molecular complexity index is 633. The summed E-state index contributed by atoms with van der Waals surface area (Å²) in [7, 11) is -3.49. The van der Waals surface area contributed by atoms with E-state index in [1.54, 1.807) is 12.1 Å². The van der Waals surface area contributed by atoms with Crippen LogP contribution in [0, 0.1) is 12.8 Å². The summed E-state index contributed by atoms with van der Waals surface area (Å²) in [4.78, 5) is 4.64. The van der Waals surface area contributed by atoms with Gasteiger partial charge < -0.3 is 5.32 Å². The van der Waals surface area contributed by atoms with Gasteiger partial charge in [-0.1, -0.05) is 18.6 Å². The number of fused-ring (bicyclic) bond motifs is 1. The quantitative estimate of drug-likeness (QED) is 0.868. The Kier molecular flexibility index (Phi) is 2.97. The number of rotatable bonds is 2. The second-order valence-corrected chi connectivity index (χ2v) is 6.82. The Labute approximate surface area is 113 Å². The number of nitrogens with zero attached hydrogens (tertiary/aromatic N) is 1. The van der Waals surface area contributed by atoms with Crippen molar-refractivity contribution >= 4 is 21.7 Å². The Morgan fingerprint density at radius 1 is 1.37 bits per heavy atom. The molecule has 0 saturated heterocycles. The molecule has 2 aliphatic rings. The first kappa shape index (κ1) is 12.5. The van der Waals surface area contributed by atoms with Gasteiger partial charge in [-0.3, -0.25) is 4.99 Å². The minimum absolute atomic E-state index is 0.287. The van der Waals surface area contributed by atoms with Crippen molar-refractivity contribution in [1.82, 2.24) is 4.72 Å². The first-order chi connectivity index (χ1) is 9.06. The highest BCUT2D eigenvalue weighted by molar-refractivity contribution is 7.90. The van der Waals surface area contributed by atoms with Crippen LogP contribution in [-0.4, -0.2) is 20.9 Å². The summed E-state index contributed by atoms with van der Waals surface area (Å²) in [5, 5.41) is 3.08. The maximum atomic E-state index is 12.1. The van der Waals surface area contributed by atoms with Crippen molar-refractivity contribution in [2.45, 2.75) is 31.1 Å². The fraction of sp³-hybridized carbons (Fsp3) is 0.462. The minimum atomic E-state index is -3.49. The Morgan fingerprint density at radius 3 is 2.84 bits per heavy atom. The number of aliphatic imine (C=N–C) groups is 1. The highest BCUT2D eigenvalue weighted by Crippen LogP contribution is 2.29. The van der Waals surface area contributed by atoms with E-state index in [0.717, 1.165) is 5.56 Å². The molecule has 0 bridgehead atoms. The molecule has 1 heterocycles. The average Bonchev–Trinajstić information content (AvgIpc) is 2.28. The summed E-state index contributed by atoms with van der Waals surface area (Å²) in [5.74, 6) is 0.950. The highest BCUT2D eigenvalue weighted by Gasteiger charge is 2.27. The molecule has 1 fully saturated rings. The van der Waals surface area contributed by atoms with Crippen LogP contribution in [0.3, 0.4) is 0 Å². The summed E-state index contributed by atoms with van der Waals surface area (Å²) >= 11 is 0. The maximum absolute atomic E-state index is 12.1. The number of sulfonamides is 1. The van der Waals surface area contributed by atoms with Crippen molar-refractivity contribution in [3.63, 3.8) is 0 Å². The SMILES string of the molecule is Cc1cccc2c1NC(=NCC1CCC1)NS2(=O)=O. The van der Waals surface area contributed by atoms with Crippen LogP contribution in [0.25, 0.3) is 0 Å². The summed E-state index contributed by atoms with van der Waals surface area (Å²) in [6, 6.07) is 5.22. The van der Waals surface area contributed by atoms with Crippen LogP contribution in [0.15, 0.2) is 28.1 Å². The molecule has 3 rings (SSSR count). The van der Waals surface area contributed by atoms with Crippen molar-refractivity contribution in [2.75, 3.05) is 11.9 Å². The van der Waals surface area contributed by atoms with Gasteiger partial charge in [0.2, 0.25) is 5.96 Å². The molecule has 1 saturated carbocycles. The van der Waals surface area contributed by atoms with Gasteiger partial charge in [-0.2, -0.15) is 0 Å². The Morgan fingerprint density at radius 2 is 2.16 bits per heavy atom. The average molecular weight is 279 g/mol. The largest absolute Gasteiger partial charge is 0.324 e. The summed E-state index contributed by atoms with van der Waals surface area (Å²) in [6.45, 7) is 2.57. The van der Waals surface area contributed by atoms with Crippen LogP contribution in [0.1, 0.15) is 24.8 Å². The van der Waals surface area contributed by atoms with E-state index < -0.39 is 10.0 Å². The fourth-order valence-corrected chi connectivity index (χ4v) is 3.54. The number of benzene rings is 1. The summed E-state index contributed by atoms with van der Waals surface area (Å²) < 4.78 is 26.8. The highest BCUT2D eigenvalue weighted by atomic mass is 32.2. The van der Waals surface area contributed by atoms with Crippen molar-refractivity contribution in [2.24, 2.45) is 10.9 Å². The van der Waals surface area contributed by atoms with Crippen LogP contribution in [-0.2, 0) is 10.0 Å². The number of aryl methyl sites for hydroxylation is 1. The van der Waals surface area contributed by atoms with Crippen molar-refractivity contribution in [3.8, 4) is 0 Å². The van der Waals surface area contributed by atoms with Gasteiger partial charge in [0.25, 0.3) is 10.0 Å². The molecule has 19 heavy (non-hydrogen) atoms. The van der Waals surface area contributed by atoms with Gasteiger partial charge in [-0.15, -0.1) is 0 Å². The normalized spacial score (nSPS) is 23.1. The molecular formula is C13H17N3O2S. The molecular weight excluding hydrogens is 262 g/mol. The number of anilines is 1. The minimum Gasteiger partial charge on any atom is -0.324 e. The smallest absolute Gasteiger partial charge is 0.266 e. The first-order valence-electron chi connectivity index (χ1n) is 6.50. The van der Waals surface area contributed by atoms with Gasteiger partial charge in [0, 0.05) is 6.54 Å². The third-order valence-electron chi connectivity index (χ3n) is 3.73. The third-order valence-corrected chi connectivity index (χ3v) is 5.11. The molecule has 102 valence electrons. The molecule has 0 radical (unpaired) electrons. The second-order valence-electron chi connectivity index (χ2n) is 5.16. The molecule has 1 aliphatic heterocycles. The van der Waals surface area contributed by atoms with Gasteiger partial charge in [0.15, 0.2) is 0 Å². The molecule has 0 aromatic heterocycles. The van der Waals surface area contributed by atoms with Crippen LogP contribution in [0.5, 0.6) is 0 Å². The monoisotopic (exact) mass is 279 g/mol. The molecule has 0 atom stereocenters. The number of hydrogen-bond acceptors (Lipinski definition) is 3. The Hall–Kier alpha value is -1.56. The molecule has 0 amide bonds. The lowest BCUT2D eigenvalue weighted by Gasteiger charge is -2.26. The molecule has 0 unspecified atom stereocenters. The zero-order valence-corrected chi connectivity index (χ0v) is 11.6. The number of hydrogen-bond donors (Lipinski definition) is 2. The molecule has 1 aromatic rings. The molecule has 1 aliphatic carbocycles. The third kappa shape index (κ3) is 2.32.